The van der Waals surface area contributed by atoms with E-state index >= 15 is 0 Å². The first-order chi connectivity index (χ1) is 7.28. The van der Waals surface area contributed by atoms with Gasteiger partial charge in [-0.25, -0.2) is 4.39 Å². The van der Waals surface area contributed by atoms with Crippen LogP contribution in [0.3, 0.4) is 0 Å². The van der Waals surface area contributed by atoms with Crippen molar-refractivity contribution in [1.29, 1.82) is 0 Å². The van der Waals surface area contributed by atoms with E-state index in [2.05, 4.69) is 15.9 Å². The maximum absolute atomic E-state index is 13.1. The highest BCUT2D eigenvalue weighted by Crippen LogP contribution is 2.32. The molecule has 1 nitrogen and oxygen atoms in total. The molecule has 0 amide bonds. The van der Waals surface area contributed by atoms with Crippen molar-refractivity contribution >= 4 is 15.9 Å². The fourth-order valence-electron chi connectivity index (χ4n) is 1.53. The van der Waals surface area contributed by atoms with Crippen LogP contribution in [0.5, 0.6) is 5.75 Å². The molecule has 0 bridgehead atoms. The monoisotopic (exact) mass is 272 g/mol. The number of halogens is 2. The van der Waals surface area contributed by atoms with E-state index in [1.54, 1.807) is 0 Å². The van der Waals surface area contributed by atoms with Crippen LogP contribution in [-0.2, 0) is 5.33 Å². The first kappa shape index (κ1) is 10.9. The van der Waals surface area contributed by atoms with Gasteiger partial charge in [0.05, 0.1) is 6.61 Å². The molecule has 82 valence electrons. The third-order valence-electron chi connectivity index (χ3n) is 2.58. The Bertz CT molecular complexity index is 336. The fourth-order valence-corrected chi connectivity index (χ4v) is 1.85. The van der Waals surface area contributed by atoms with E-state index in [0.717, 1.165) is 17.9 Å². The summed E-state index contributed by atoms with van der Waals surface area (Å²) < 4.78 is 18.6. The molecular formula is C12H14BrFO. The summed E-state index contributed by atoms with van der Waals surface area (Å²) in [4.78, 5) is 0. The van der Waals surface area contributed by atoms with Gasteiger partial charge in [0.1, 0.15) is 11.6 Å². The zero-order valence-corrected chi connectivity index (χ0v) is 10.1. The Kier molecular flexibility index (Phi) is 3.62. The van der Waals surface area contributed by atoms with Crippen molar-refractivity contribution in [2.75, 3.05) is 6.61 Å². The molecule has 1 aromatic rings. The zero-order chi connectivity index (χ0) is 10.7. The van der Waals surface area contributed by atoms with E-state index in [4.69, 9.17) is 4.74 Å². The van der Waals surface area contributed by atoms with Crippen molar-refractivity contribution in [3.05, 3.63) is 29.6 Å². The van der Waals surface area contributed by atoms with E-state index < -0.39 is 0 Å². The average molecular weight is 273 g/mol. The van der Waals surface area contributed by atoms with Crippen LogP contribution in [0, 0.1) is 11.7 Å². The van der Waals surface area contributed by atoms with E-state index in [9.17, 15) is 4.39 Å². The van der Waals surface area contributed by atoms with Crippen LogP contribution in [0.1, 0.15) is 24.8 Å². The number of hydrogen-bond acceptors (Lipinski definition) is 1. The molecule has 2 rings (SSSR count). The highest BCUT2D eigenvalue weighted by Gasteiger charge is 2.20. The molecule has 0 radical (unpaired) electrons. The summed E-state index contributed by atoms with van der Waals surface area (Å²) in [7, 11) is 0. The summed E-state index contributed by atoms with van der Waals surface area (Å²) in [6.45, 7) is 0.704. The Balaban J connectivity index is 1.90. The van der Waals surface area contributed by atoms with Crippen LogP contribution >= 0.6 is 15.9 Å². The van der Waals surface area contributed by atoms with E-state index in [1.165, 1.54) is 25.0 Å². The maximum atomic E-state index is 13.1. The fraction of sp³-hybridized carbons (Fsp3) is 0.500. The normalized spacial score (nSPS) is 15.3. The SMILES string of the molecule is Fc1cc(CBr)cc(OCCC2CC2)c1. The quantitative estimate of drug-likeness (QED) is 0.739. The molecular weight excluding hydrogens is 259 g/mol. The predicted octanol–water partition coefficient (Wildman–Crippen LogP) is 3.90. The first-order valence-electron chi connectivity index (χ1n) is 5.26. The summed E-state index contributed by atoms with van der Waals surface area (Å²) in [6, 6.07) is 4.84. The minimum atomic E-state index is -0.228. The van der Waals surface area contributed by atoms with Gasteiger partial charge in [-0.2, -0.15) is 0 Å². The highest BCUT2D eigenvalue weighted by atomic mass is 79.9. The molecule has 3 heteroatoms. The van der Waals surface area contributed by atoms with Gasteiger partial charge in [-0.15, -0.1) is 0 Å². The van der Waals surface area contributed by atoms with Crippen molar-refractivity contribution < 1.29 is 9.13 Å². The average Bonchev–Trinajstić information content (AvgIpc) is 3.01. The molecule has 0 heterocycles. The Hall–Kier alpha value is -0.570. The maximum Gasteiger partial charge on any atom is 0.127 e. The smallest absolute Gasteiger partial charge is 0.127 e. The molecule has 1 saturated carbocycles. The Morgan fingerprint density at radius 1 is 1.33 bits per heavy atom. The summed E-state index contributed by atoms with van der Waals surface area (Å²) in [5, 5.41) is 0.656. The number of hydrogen-bond donors (Lipinski definition) is 0. The minimum absolute atomic E-state index is 0.228. The third-order valence-corrected chi connectivity index (χ3v) is 3.22. The van der Waals surface area contributed by atoms with Gasteiger partial charge in [-0.3, -0.25) is 0 Å². The van der Waals surface area contributed by atoms with E-state index in [0.29, 0.717) is 17.7 Å². The second kappa shape index (κ2) is 4.97. The molecule has 0 unspecified atom stereocenters. The van der Waals surface area contributed by atoms with Crippen molar-refractivity contribution in [3.8, 4) is 5.75 Å². The number of alkyl halides is 1. The molecule has 0 spiro atoms. The number of rotatable bonds is 5. The van der Waals surface area contributed by atoms with Crippen LogP contribution < -0.4 is 4.74 Å². The van der Waals surface area contributed by atoms with Crippen LogP contribution in [0.15, 0.2) is 18.2 Å². The Labute approximate surface area is 97.8 Å². The lowest BCUT2D eigenvalue weighted by Gasteiger charge is -2.07. The van der Waals surface area contributed by atoms with Crippen LogP contribution in [-0.4, -0.2) is 6.61 Å². The van der Waals surface area contributed by atoms with Crippen molar-refractivity contribution in [2.45, 2.75) is 24.6 Å². The molecule has 1 aromatic carbocycles. The number of ether oxygens (including phenoxy) is 1. The minimum Gasteiger partial charge on any atom is -0.493 e. The topological polar surface area (TPSA) is 9.23 Å². The Morgan fingerprint density at radius 3 is 2.80 bits per heavy atom. The van der Waals surface area contributed by atoms with Gasteiger partial charge < -0.3 is 4.74 Å². The predicted molar refractivity (Wildman–Crippen MR) is 61.9 cm³/mol. The lowest BCUT2D eigenvalue weighted by atomic mass is 10.2. The van der Waals surface area contributed by atoms with Crippen LogP contribution in [0.4, 0.5) is 4.39 Å². The van der Waals surface area contributed by atoms with Gasteiger partial charge >= 0.3 is 0 Å². The van der Waals surface area contributed by atoms with Crippen LogP contribution in [0.2, 0.25) is 0 Å². The molecule has 0 atom stereocenters. The van der Waals surface area contributed by atoms with Crippen molar-refractivity contribution in [1.82, 2.24) is 0 Å². The molecule has 0 saturated heterocycles. The standard InChI is InChI=1S/C12H14BrFO/c13-8-10-5-11(14)7-12(6-10)15-4-3-9-1-2-9/h5-7,9H,1-4,8H2. The van der Waals surface area contributed by atoms with Crippen molar-refractivity contribution in [2.24, 2.45) is 5.92 Å². The van der Waals surface area contributed by atoms with Gasteiger partial charge in [0.25, 0.3) is 0 Å². The molecule has 1 aliphatic carbocycles. The lowest BCUT2D eigenvalue weighted by Crippen LogP contribution is -1.99. The van der Waals surface area contributed by atoms with Gasteiger partial charge in [0, 0.05) is 11.4 Å². The van der Waals surface area contributed by atoms with Gasteiger partial charge in [-0.1, -0.05) is 28.8 Å². The Morgan fingerprint density at radius 2 is 2.13 bits per heavy atom. The van der Waals surface area contributed by atoms with E-state index in [-0.39, 0.29) is 5.82 Å². The second-order valence-corrected chi connectivity index (χ2v) is 4.57. The molecule has 0 aliphatic heterocycles. The molecule has 1 fully saturated rings. The summed E-state index contributed by atoms with van der Waals surface area (Å²) >= 11 is 3.30. The van der Waals surface area contributed by atoms with Crippen LogP contribution in [0.25, 0.3) is 0 Å². The zero-order valence-electron chi connectivity index (χ0n) is 8.51. The molecule has 0 N–H and O–H groups in total. The summed E-state index contributed by atoms with van der Waals surface area (Å²) in [5.41, 5.74) is 0.913. The van der Waals surface area contributed by atoms with Gasteiger partial charge in [-0.05, 0) is 30.0 Å². The summed E-state index contributed by atoms with van der Waals surface area (Å²) in [5.74, 6) is 1.27. The van der Waals surface area contributed by atoms with E-state index in [1.807, 2.05) is 6.07 Å². The third kappa shape index (κ3) is 3.49. The highest BCUT2D eigenvalue weighted by molar-refractivity contribution is 9.08. The van der Waals surface area contributed by atoms with Gasteiger partial charge in [0.15, 0.2) is 0 Å². The van der Waals surface area contributed by atoms with Gasteiger partial charge in [0.2, 0.25) is 0 Å². The van der Waals surface area contributed by atoms with Crippen molar-refractivity contribution in [3.63, 3.8) is 0 Å². The molecule has 0 aromatic heterocycles. The molecule has 1 aliphatic rings. The lowest BCUT2D eigenvalue weighted by molar-refractivity contribution is 0.301. The second-order valence-electron chi connectivity index (χ2n) is 4.01. The molecule has 15 heavy (non-hydrogen) atoms. The summed E-state index contributed by atoms with van der Waals surface area (Å²) in [6.07, 6.45) is 3.76. The largest absolute Gasteiger partial charge is 0.493 e. The number of benzene rings is 1. The first-order valence-corrected chi connectivity index (χ1v) is 6.38.